The number of pyridine rings is 1. The van der Waals surface area contributed by atoms with Crippen molar-refractivity contribution >= 4 is 29.3 Å². The van der Waals surface area contributed by atoms with Gasteiger partial charge in [-0.2, -0.15) is 26.7 Å². The molecule has 0 bridgehead atoms. The second-order valence-corrected chi connectivity index (χ2v) is 6.81. The molecule has 0 unspecified atom stereocenters. The van der Waals surface area contributed by atoms with Gasteiger partial charge in [0, 0.05) is 12.1 Å². The fourth-order valence-corrected chi connectivity index (χ4v) is 2.96. The second-order valence-electron chi connectivity index (χ2n) is 6.43. The Morgan fingerprint density at radius 1 is 1.15 bits per heavy atom. The first-order chi connectivity index (χ1) is 15.5. The van der Waals surface area contributed by atoms with Crippen LogP contribution in [0.1, 0.15) is 21.5 Å². The lowest BCUT2D eigenvalue weighted by molar-refractivity contribution is -0.604. The van der Waals surface area contributed by atoms with E-state index in [0.717, 1.165) is 24.5 Å². The van der Waals surface area contributed by atoms with E-state index in [2.05, 4.69) is 5.32 Å². The molecule has 0 aliphatic heterocycles. The van der Waals surface area contributed by atoms with Crippen molar-refractivity contribution in [2.75, 3.05) is 5.32 Å². The van der Waals surface area contributed by atoms with Crippen LogP contribution in [0, 0.1) is 11.0 Å². The van der Waals surface area contributed by atoms with Crippen LogP contribution in [0.2, 0.25) is 5.02 Å². The summed E-state index contributed by atoms with van der Waals surface area (Å²) in [5.41, 5.74) is -2.57. The lowest BCUT2D eigenvalue weighted by Gasteiger charge is -2.17. The maximum absolute atomic E-state index is 14.9. The molecule has 0 aliphatic carbocycles. The Balaban J connectivity index is 2.06. The minimum absolute atomic E-state index is 0.0635. The Bertz CT molecular complexity index is 1230. The number of benzene rings is 2. The van der Waals surface area contributed by atoms with Crippen molar-refractivity contribution in [1.82, 2.24) is 0 Å². The predicted octanol–water partition coefficient (Wildman–Crippen LogP) is 6.41. The van der Waals surface area contributed by atoms with Gasteiger partial charge in [-0.3, -0.25) is 4.79 Å². The van der Waals surface area contributed by atoms with E-state index < -0.39 is 45.9 Å². The van der Waals surface area contributed by atoms with Crippen molar-refractivity contribution in [1.29, 1.82) is 0 Å². The summed E-state index contributed by atoms with van der Waals surface area (Å²) in [6.07, 6.45) is -4.48. The molecular weight excluding hydrogens is 478 g/mol. The Morgan fingerprint density at radius 3 is 2.39 bits per heavy atom. The SMILES string of the molecule is O=C(Nc1ccc[n+]([O-])c1)c1c(Oc2ccc(C=C(F)F)cc2)cc(C(F)(F)F)c(Cl)c1F. The third-order valence-corrected chi connectivity index (χ3v) is 4.49. The zero-order valence-electron chi connectivity index (χ0n) is 16.1. The number of hydrogen-bond donors (Lipinski definition) is 1. The number of carbonyl (C=O) groups excluding carboxylic acids is 1. The topological polar surface area (TPSA) is 65.3 Å². The molecule has 33 heavy (non-hydrogen) atoms. The number of nitrogens with zero attached hydrogens (tertiary/aromatic N) is 1. The van der Waals surface area contributed by atoms with Gasteiger partial charge in [0.25, 0.3) is 12.0 Å². The molecule has 5 nitrogen and oxygen atoms in total. The highest BCUT2D eigenvalue weighted by atomic mass is 35.5. The Labute approximate surface area is 187 Å². The largest absolute Gasteiger partial charge is 0.619 e. The summed E-state index contributed by atoms with van der Waals surface area (Å²) in [4.78, 5) is 12.7. The maximum Gasteiger partial charge on any atom is 0.418 e. The second kappa shape index (κ2) is 9.41. The number of anilines is 1. The Kier molecular flexibility index (Phi) is 6.82. The minimum atomic E-state index is -5.08. The first-order valence-corrected chi connectivity index (χ1v) is 9.23. The van der Waals surface area contributed by atoms with Crippen LogP contribution >= 0.6 is 11.6 Å². The Hall–Kier alpha value is -3.73. The average molecular weight is 489 g/mol. The number of rotatable bonds is 5. The zero-order chi connectivity index (χ0) is 24.3. The highest BCUT2D eigenvalue weighted by Gasteiger charge is 2.38. The van der Waals surface area contributed by atoms with Crippen LogP contribution in [-0.4, -0.2) is 5.91 Å². The molecule has 3 rings (SSSR count). The molecule has 3 aromatic rings. The number of halogens is 7. The molecule has 0 aliphatic rings. The first-order valence-electron chi connectivity index (χ1n) is 8.85. The molecule has 2 aromatic carbocycles. The monoisotopic (exact) mass is 488 g/mol. The Morgan fingerprint density at radius 2 is 1.82 bits per heavy atom. The van der Waals surface area contributed by atoms with Gasteiger partial charge < -0.3 is 15.3 Å². The number of alkyl halides is 3. The fraction of sp³-hybridized carbons (Fsp3) is 0.0476. The first kappa shape index (κ1) is 23.9. The van der Waals surface area contributed by atoms with E-state index in [1.54, 1.807) is 0 Å². The molecule has 0 radical (unpaired) electrons. The molecule has 0 saturated heterocycles. The highest BCUT2D eigenvalue weighted by molar-refractivity contribution is 6.32. The molecular formula is C21H11ClF6N2O3. The van der Waals surface area contributed by atoms with E-state index in [0.29, 0.717) is 16.9 Å². The fourth-order valence-electron chi connectivity index (χ4n) is 2.71. The van der Waals surface area contributed by atoms with Gasteiger partial charge in [0.2, 0.25) is 6.20 Å². The lowest BCUT2D eigenvalue weighted by Crippen LogP contribution is -2.26. The summed E-state index contributed by atoms with van der Waals surface area (Å²) in [5.74, 6) is -3.97. The smallest absolute Gasteiger partial charge is 0.418 e. The minimum Gasteiger partial charge on any atom is -0.619 e. The summed E-state index contributed by atoms with van der Waals surface area (Å²) >= 11 is 5.54. The van der Waals surface area contributed by atoms with E-state index in [4.69, 9.17) is 16.3 Å². The van der Waals surface area contributed by atoms with Crippen molar-refractivity contribution in [3.63, 3.8) is 0 Å². The summed E-state index contributed by atoms with van der Waals surface area (Å²) in [6.45, 7) is 0. The van der Waals surface area contributed by atoms with E-state index >= 15 is 0 Å². The highest BCUT2D eigenvalue weighted by Crippen LogP contribution is 2.42. The van der Waals surface area contributed by atoms with Crippen molar-refractivity contribution < 1.29 is 40.6 Å². The van der Waals surface area contributed by atoms with Crippen LogP contribution in [0.4, 0.5) is 32.0 Å². The maximum atomic E-state index is 14.9. The van der Waals surface area contributed by atoms with Gasteiger partial charge in [0.1, 0.15) is 22.7 Å². The van der Waals surface area contributed by atoms with Crippen molar-refractivity contribution in [2.45, 2.75) is 6.18 Å². The molecule has 1 N–H and O–H groups in total. The van der Waals surface area contributed by atoms with E-state index in [-0.39, 0.29) is 17.0 Å². The van der Waals surface area contributed by atoms with Crippen LogP contribution in [0.15, 0.2) is 60.9 Å². The molecule has 1 amide bonds. The number of hydrogen-bond acceptors (Lipinski definition) is 3. The number of carbonyl (C=O) groups is 1. The molecule has 172 valence electrons. The molecule has 0 fully saturated rings. The summed E-state index contributed by atoms with van der Waals surface area (Å²) in [6, 6.07) is 7.50. The van der Waals surface area contributed by atoms with Gasteiger partial charge in [-0.05, 0) is 29.8 Å². The van der Waals surface area contributed by atoms with Gasteiger partial charge in [0.05, 0.1) is 10.6 Å². The zero-order valence-corrected chi connectivity index (χ0v) is 16.8. The van der Waals surface area contributed by atoms with Gasteiger partial charge in [-0.25, -0.2) is 4.39 Å². The predicted molar refractivity (Wildman–Crippen MR) is 106 cm³/mol. The van der Waals surface area contributed by atoms with Crippen LogP contribution in [0.5, 0.6) is 11.5 Å². The van der Waals surface area contributed by atoms with Crippen LogP contribution in [0.3, 0.4) is 0 Å². The molecule has 1 heterocycles. The standard InChI is InChI=1S/C21H11ClF6N2O3/c22-18-14(21(26,27)28)9-15(33-13-5-3-11(4-6-13)8-16(23)24)17(19(18)25)20(31)29-12-2-1-7-30(32)10-12/h1-10H,(H,29,31). The molecule has 0 spiro atoms. The van der Waals surface area contributed by atoms with Crippen molar-refractivity contribution in [3.05, 3.63) is 93.7 Å². The van der Waals surface area contributed by atoms with Gasteiger partial charge in [0.15, 0.2) is 12.0 Å². The van der Waals surface area contributed by atoms with E-state index in [9.17, 15) is 36.3 Å². The number of aromatic nitrogens is 1. The molecule has 12 heteroatoms. The summed E-state index contributed by atoms with van der Waals surface area (Å²) in [5, 5.41) is 12.2. The third-order valence-electron chi connectivity index (χ3n) is 4.12. The summed E-state index contributed by atoms with van der Waals surface area (Å²) < 4.78 is 85.2. The summed E-state index contributed by atoms with van der Waals surface area (Å²) in [7, 11) is 0. The van der Waals surface area contributed by atoms with Gasteiger partial charge >= 0.3 is 6.18 Å². The quantitative estimate of drug-likeness (QED) is 0.256. The molecule has 0 atom stereocenters. The van der Waals surface area contributed by atoms with Crippen LogP contribution in [0.25, 0.3) is 6.08 Å². The number of amides is 1. The number of ether oxygens (including phenoxy) is 1. The molecule has 1 aromatic heterocycles. The number of nitrogens with one attached hydrogen (secondary N) is 1. The van der Waals surface area contributed by atoms with Crippen molar-refractivity contribution in [3.8, 4) is 11.5 Å². The lowest BCUT2D eigenvalue weighted by atomic mass is 10.1. The van der Waals surface area contributed by atoms with Gasteiger partial charge in [-0.1, -0.05) is 23.7 Å². The normalized spacial score (nSPS) is 11.1. The van der Waals surface area contributed by atoms with Crippen LogP contribution < -0.4 is 14.8 Å². The third kappa shape index (κ3) is 5.75. The average Bonchev–Trinajstić information content (AvgIpc) is 2.70. The van der Waals surface area contributed by atoms with E-state index in [1.807, 2.05) is 0 Å². The van der Waals surface area contributed by atoms with Crippen molar-refractivity contribution in [2.24, 2.45) is 0 Å². The van der Waals surface area contributed by atoms with E-state index in [1.165, 1.54) is 24.3 Å². The van der Waals surface area contributed by atoms with Gasteiger partial charge in [-0.15, -0.1) is 0 Å². The van der Waals surface area contributed by atoms with Crippen LogP contribution in [-0.2, 0) is 6.18 Å². The molecule has 0 saturated carbocycles.